The van der Waals surface area contributed by atoms with Gasteiger partial charge in [-0.05, 0) is 67.1 Å². The van der Waals surface area contributed by atoms with E-state index >= 15 is 0 Å². The van der Waals surface area contributed by atoms with E-state index in [2.05, 4.69) is 33.3 Å². The summed E-state index contributed by atoms with van der Waals surface area (Å²) < 4.78 is 75.8. The molecule has 12 heteroatoms. The Kier molecular flexibility index (Phi) is 7.77. The molecule has 0 aliphatic carbocycles. The highest BCUT2D eigenvalue weighted by Crippen LogP contribution is 2.56. The summed E-state index contributed by atoms with van der Waals surface area (Å²) >= 11 is 0. The molecule has 45 heavy (non-hydrogen) atoms. The van der Waals surface area contributed by atoms with Crippen LogP contribution in [0, 0.1) is 23.7 Å². The largest absolute Gasteiger partial charge is 0.573 e. The van der Waals surface area contributed by atoms with Crippen molar-refractivity contribution in [3.05, 3.63) is 69.8 Å². The number of methoxy groups -OCH3 is 3. The van der Waals surface area contributed by atoms with E-state index in [1.54, 1.807) is 12.1 Å². The van der Waals surface area contributed by atoms with Crippen LogP contribution in [0.4, 0.5) is 13.2 Å². The Labute approximate surface area is 256 Å². The van der Waals surface area contributed by atoms with Gasteiger partial charge in [-0.2, -0.15) is 0 Å². The molecule has 0 unspecified atom stereocenters. The number of nitrogens with zero attached hydrogens (tertiary/aromatic N) is 1. The highest BCUT2D eigenvalue weighted by Gasteiger charge is 2.47. The zero-order valence-electron chi connectivity index (χ0n) is 24.6. The molecule has 0 aromatic heterocycles. The third-order valence-electron chi connectivity index (χ3n) is 7.76. The summed E-state index contributed by atoms with van der Waals surface area (Å²) in [5, 5.41) is 0. The Hall–Kier alpha value is -5.20. The minimum Gasteiger partial charge on any atom is -0.493 e. The first-order valence-corrected chi connectivity index (χ1v) is 13.7. The number of hydrogen-bond donors (Lipinski definition) is 0. The number of alkyl halides is 3. The lowest BCUT2D eigenvalue weighted by Gasteiger charge is -2.39. The van der Waals surface area contributed by atoms with E-state index in [9.17, 15) is 18.0 Å². The van der Waals surface area contributed by atoms with Gasteiger partial charge in [0.2, 0.25) is 12.5 Å². The molecule has 0 amide bonds. The van der Waals surface area contributed by atoms with Crippen molar-refractivity contribution in [1.29, 1.82) is 0 Å². The lowest BCUT2D eigenvalue weighted by atomic mass is 9.83. The summed E-state index contributed by atoms with van der Waals surface area (Å²) in [7, 11) is 6.44. The number of hydrogen-bond acceptors (Lipinski definition) is 9. The van der Waals surface area contributed by atoms with Crippen molar-refractivity contribution in [1.82, 2.24) is 4.90 Å². The third kappa shape index (κ3) is 5.38. The van der Waals surface area contributed by atoms with Gasteiger partial charge in [-0.25, -0.2) is 4.79 Å². The molecule has 2 atom stereocenters. The van der Waals surface area contributed by atoms with Crippen LogP contribution in [0.2, 0.25) is 0 Å². The average Bonchev–Trinajstić information content (AvgIpc) is 3.63. The molecule has 0 bridgehead atoms. The maximum Gasteiger partial charge on any atom is 0.573 e. The van der Waals surface area contributed by atoms with E-state index in [-0.39, 0.29) is 12.5 Å². The van der Waals surface area contributed by atoms with Crippen LogP contribution in [0.3, 0.4) is 0 Å². The Morgan fingerprint density at radius 3 is 2.31 bits per heavy atom. The van der Waals surface area contributed by atoms with Crippen LogP contribution in [0.5, 0.6) is 34.5 Å². The number of likely N-dealkylation sites (N-methyl/N-ethyl adjacent to an activating group) is 1. The van der Waals surface area contributed by atoms with E-state index in [1.807, 2.05) is 7.05 Å². The number of halogens is 3. The van der Waals surface area contributed by atoms with Gasteiger partial charge in [-0.15, -0.1) is 13.2 Å². The first-order valence-electron chi connectivity index (χ1n) is 13.7. The number of esters is 1. The fraction of sp³-hybridized carbons (Fsp3) is 0.303. The summed E-state index contributed by atoms with van der Waals surface area (Å²) in [4.78, 5) is 15.3. The number of benzene rings is 3. The normalized spacial score (nSPS) is 18.0. The van der Waals surface area contributed by atoms with Gasteiger partial charge in [0, 0.05) is 23.2 Å². The second kappa shape index (κ2) is 11.7. The first-order chi connectivity index (χ1) is 21.6. The second-order valence-corrected chi connectivity index (χ2v) is 10.2. The number of cyclic esters (lactones) is 1. The lowest BCUT2D eigenvalue weighted by molar-refractivity contribution is -0.274. The summed E-state index contributed by atoms with van der Waals surface area (Å²) in [6.45, 7) is 0.559. The fourth-order valence-corrected chi connectivity index (χ4v) is 5.90. The summed E-state index contributed by atoms with van der Waals surface area (Å²) in [6.07, 6.45) is -4.91. The zero-order chi connectivity index (χ0) is 31.9. The Balaban J connectivity index is 1.42. The monoisotopic (exact) mass is 621 g/mol. The number of fused-ring (bicyclic) bond motifs is 3. The molecule has 3 aliphatic rings. The molecule has 3 aliphatic heterocycles. The van der Waals surface area contributed by atoms with E-state index in [0.29, 0.717) is 64.0 Å². The number of rotatable bonds is 5. The van der Waals surface area contributed by atoms with Crippen molar-refractivity contribution >= 4 is 5.97 Å². The number of ether oxygens (including phenoxy) is 7. The Bertz CT molecular complexity index is 1800. The topological polar surface area (TPSA) is 84.9 Å². The zero-order valence-corrected chi connectivity index (χ0v) is 24.6. The molecular formula is C33H26F3NO8. The van der Waals surface area contributed by atoms with Gasteiger partial charge in [-0.1, -0.05) is 12.0 Å². The van der Waals surface area contributed by atoms with E-state index < -0.39 is 24.5 Å². The molecule has 9 nitrogen and oxygen atoms in total. The maximum absolute atomic E-state index is 13.2. The first kappa shape index (κ1) is 29.9. The van der Waals surface area contributed by atoms with Gasteiger partial charge in [0.25, 0.3) is 0 Å². The fourth-order valence-electron chi connectivity index (χ4n) is 5.90. The van der Waals surface area contributed by atoms with Crippen LogP contribution in [-0.4, -0.2) is 58.9 Å². The maximum atomic E-state index is 13.2. The van der Waals surface area contributed by atoms with Gasteiger partial charge in [0.05, 0.1) is 32.9 Å². The molecule has 0 saturated heterocycles. The standard InChI is InChI=1S/C33H26F3NO8/c1-37-16-15-20-21(8-6-5-7-18-9-11-19(12-10-18)45-33(34,35)36)28-31(43-17-42-28)30(41-4)24(20)26(37)27-22-13-14-23(39-2)29(40-3)25(22)32(38)44-27/h9-14,26-27H,15-17H2,1-4H3/t26-,27+/m1/s1. The molecule has 6 rings (SSSR count). The predicted octanol–water partition coefficient (Wildman–Crippen LogP) is 5.18. The molecular weight excluding hydrogens is 595 g/mol. The summed E-state index contributed by atoms with van der Waals surface area (Å²) in [6, 6.07) is 8.23. The van der Waals surface area contributed by atoms with Crippen LogP contribution in [0.15, 0.2) is 36.4 Å². The van der Waals surface area contributed by atoms with Gasteiger partial charge < -0.3 is 33.2 Å². The van der Waals surface area contributed by atoms with Crippen molar-refractivity contribution in [3.63, 3.8) is 0 Å². The van der Waals surface area contributed by atoms with Crippen LogP contribution < -0.4 is 28.4 Å². The summed E-state index contributed by atoms with van der Waals surface area (Å²) in [5.41, 5.74) is 3.55. The molecule has 0 N–H and O–H groups in total. The van der Waals surface area contributed by atoms with Crippen molar-refractivity contribution in [2.75, 3.05) is 41.7 Å². The van der Waals surface area contributed by atoms with E-state index in [0.717, 1.165) is 11.1 Å². The smallest absolute Gasteiger partial charge is 0.493 e. The van der Waals surface area contributed by atoms with E-state index in [4.69, 9.17) is 28.4 Å². The average molecular weight is 622 g/mol. The van der Waals surface area contributed by atoms with Crippen LogP contribution in [-0.2, 0) is 11.2 Å². The van der Waals surface area contributed by atoms with Crippen molar-refractivity contribution in [2.45, 2.75) is 24.9 Å². The SMILES string of the molecule is COc1ccc2c(c1OC)C(=O)O[C@@H]2[C@H]1c2c(c(C#CC#Cc3ccc(OC(F)(F)F)cc3)c3c(c2OC)OCO3)CCN1C. The number of carbonyl (C=O) groups is 1. The third-order valence-corrected chi connectivity index (χ3v) is 7.76. The van der Waals surface area contributed by atoms with Gasteiger partial charge in [0.15, 0.2) is 23.0 Å². The molecule has 0 spiro atoms. The van der Waals surface area contributed by atoms with Crippen molar-refractivity contribution in [3.8, 4) is 58.2 Å². The number of carbonyl (C=O) groups excluding carboxylic acids is 1. The molecule has 0 fully saturated rings. The molecule has 0 saturated carbocycles. The van der Waals surface area contributed by atoms with Gasteiger partial charge in [0.1, 0.15) is 17.4 Å². The minimum atomic E-state index is -4.78. The minimum absolute atomic E-state index is 0.0416. The van der Waals surface area contributed by atoms with Gasteiger partial charge >= 0.3 is 12.3 Å². The van der Waals surface area contributed by atoms with Crippen LogP contribution in [0.1, 0.15) is 50.3 Å². The van der Waals surface area contributed by atoms with Crippen molar-refractivity contribution < 1.29 is 51.1 Å². The molecule has 3 aromatic carbocycles. The Morgan fingerprint density at radius 1 is 0.911 bits per heavy atom. The molecule has 0 radical (unpaired) electrons. The van der Waals surface area contributed by atoms with Gasteiger partial charge in [-0.3, -0.25) is 4.90 Å². The lowest BCUT2D eigenvalue weighted by Crippen LogP contribution is -2.36. The molecule has 232 valence electrons. The highest BCUT2D eigenvalue weighted by atomic mass is 19.4. The summed E-state index contributed by atoms with van der Waals surface area (Å²) in [5.74, 6) is 12.6. The molecule has 3 heterocycles. The van der Waals surface area contributed by atoms with Crippen molar-refractivity contribution in [2.24, 2.45) is 0 Å². The Morgan fingerprint density at radius 2 is 1.62 bits per heavy atom. The van der Waals surface area contributed by atoms with Crippen LogP contribution >= 0.6 is 0 Å². The molecule has 3 aromatic rings. The predicted molar refractivity (Wildman–Crippen MR) is 153 cm³/mol. The quantitative estimate of drug-likeness (QED) is 0.283. The highest BCUT2D eigenvalue weighted by molar-refractivity contribution is 5.98. The van der Waals surface area contributed by atoms with Crippen LogP contribution in [0.25, 0.3) is 0 Å². The second-order valence-electron chi connectivity index (χ2n) is 10.2. The van der Waals surface area contributed by atoms with E-state index in [1.165, 1.54) is 45.6 Å².